The first-order valence-corrected chi connectivity index (χ1v) is 8.18. The minimum atomic E-state index is -0.890. The van der Waals surface area contributed by atoms with E-state index in [0.29, 0.717) is 32.4 Å². The number of rotatable bonds is 5. The first kappa shape index (κ1) is 17.0. The molecule has 1 aliphatic rings. The van der Waals surface area contributed by atoms with E-state index in [9.17, 15) is 14.7 Å². The summed E-state index contributed by atoms with van der Waals surface area (Å²) in [4.78, 5) is 24.2. The number of hydrogen-bond acceptors (Lipinski definition) is 3. The highest BCUT2D eigenvalue weighted by molar-refractivity contribution is 9.10. The highest BCUT2D eigenvalue weighted by atomic mass is 79.9. The van der Waals surface area contributed by atoms with E-state index in [2.05, 4.69) is 15.9 Å². The van der Waals surface area contributed by atoms with Gasteiger partial charge in [-0.15, -0.1) is 0 Å². The molecule has 5 nitrogen and oxygen atoms in total. The van der Waals surface area contributed by atoms with Crippen LogP contribution in [-0.2, 0) is 15.2 Å². The van der Waals surface area contributed by atoms with E-state index >= 15 is 0 Å². The van der Waals surface area contributed by atoms with Crippen LogP contribution in [0.2, 0.25) is 0 Å². The van der Waals surface area contributed by atoms with Crippen LogP contribution in [0.5, 0.6) is 0 Å². The third kappa shape index (κ3) is 4.30. The number of benzene rings is 1. The molecule has 1 aromatic rings. The zero-order chi connectivity index (χ0) is 16.2. The average molecular weight is 370 g/mol. The number of piperidine rings is 1. The highest BCUT2D eigenvalue weighted by Crippen LogP contribution is 2.33. The Morgan fingerprint density at radius 3 is 2.27 bits per heavy atom. The van der Waals surface area contributed by atoms with Crippen molar-refractivity contribution in [3.05, 3.63) is 34.3 Å². The average Bonchev–Trinajstić information content (AvgIpc) is 2.48. The summed E-state index contributed by atoms with van der Waals surface area (Å²) < 4.78 is 0.964. The molecule has 1 fully saturated rings. The van der Waals surface area contributed by atoms with E-state index in [1.54, 1.807) is 4.90 Å². The zero-order valence-electron chi connectivity index (χ0n) is 12.3. The van der Waals surface area contributed by atoms with Gasteiger partial charge in [0, 0.05) is 30.4 Å². The Labute approximate surface area is 138 Å². The second-order valence-corrected chi connectivity index (χ2v) is 6.58. The van der Waals surface area contributed by atoms with E-state index < -0.39 is 11.6 Å². The molecule has 0 saturated carbocycles. The SMILES string of the molecule is O=C(O)CCCC(=O)N1CCC(O)(c2ccc(Br)cc2)CC1. The monoisotopic (exact) mass is 369 g/mol. The van der Waals surface area contributed by atoms with Crippen LogP contribution < -0.4 is 0 Å². The number of amides is 1. The van der Waals surface area contributed by atoms with Crippen molar-refractivity contribution in [1.82, 2.24) is 4.90 Å². The lowest BCUT2D eigenvalue weighted by Gasteiger charge is -2.38. The van der Waals surface area contributed by atoms with Crippen LogP contribution in [0, 0.1) is 0 Å². The molecule has 1 aliphatic heterocycles. The van der Waals surface area contributed by atoms with E-state index in [0.717, 1.165) is 10.0 Å². The van der Waals surface area contributed by atoms with E-state index in [1.807, 2.05) is 24.3 Å². The molecule has 0 spiro atoms. The summed E-state index contributed by atoms with van der Waals surface area (Å²) in [5.41, 5.74) is -0.0212. The van der Waals surface area contributed by atoms with Crippen molar-refractivity contribution in [1.29, 1.82) is 0 Å². The van der Waals surface area contributed by atoms with Crippen LogP contribution in [-0.4, -0.2) is 40.1 Å². The Bertz CT molecular complexity index is 536. The maximum atomic E-state index is 12.0. The maximum Gasteiger partial charge on any atom is 0.303 e. The Kier molecular flexibility index (Phi) is 5.58. The van der Waals surface area contributed by atoms with Gasteiger partial charge in [0.25, 0.3) is 0 Å². The maximum absolute atomic E-state index is 12.0. The van der Waals surface area contributed by atoms with E-state index in [-0.39, 0.29) is 18.7 Å². The summed E-state index contributed by atoms with van der Waals surface area (Å²) in [6, 6.07) is 7.59. The minimum Gasteiger partial charge on any atom is -0.481 e. The van der Waals surface area contributed by atoms with Crippen LogP contribution in [0.3, 0.4) is 0 Å². The Morgan fingerprint density at radius 1 is 1.14 bits per heavy atom. The van der Waals surface area contributed by atoms with Gasteiger partial charge < -0.3 is 15.1 Å². The molecule has 0 bridgehead atoms. The predicted molar refractivity (Wildman–Crippen MR) is 85.3 cm³/mol. The van der Waals surface area contributed by atoms with Crippen molar-refractivity contribution >= 4 is 27.8 Å². The molecule has 0 radical (unpaired) electrons. The minimum absolute atomic E-state index is 0.0163. The van der Waals surface area contributed by atoms with Crippen LogP contribution >= 0.6 is 15.9 Å². The van der Waals surface area contributed by atoms with Crippen molar-refractivity contribution in [3.8, 4) is 0 Å². The lowest BCUT2D eigenvalue weighted by Crippen LogP contribution is -2.45. The highest BCUT2D eigenvalue weighted by Gasteiger charge is 2.35. The number of carbonyl (C=O) groups is 2. The van der Waals surface area contributed by atoms with Crippen LogP contribution in [0.1, 0.15) is 37.7 Å². The fourth-order valence-corrected chi connectivity index (χ4v) is 2.99. The summed E-state index contributed by atoms with van der Waals surface area (Å²) in [5, 5.41) is 19.3. The largest absolute Gasteiger partial charge is 0.481 e. The normalized spacial score (nSPS) is 17.3. The quantitative estimate of drug-likeness (QED) is 0.835. The molecule has 1 aromatic carbocycles. The number of aliphatic hydroxyl groups is 1. The Balaban J connectivity index is 1.88. The van der Waals surface area contributed by atoms with E-state index in [4.69, 9.17) is 5.11 Å². The molecule has 0 aromatic heterocycles. The number of aliphatic carboxylic acids is 1. The van der Waals surface area contributed by atoms with E-state index in [1.165, 1.54) is 0 Å². The Morgan fingerprint density at radius 2 is 1.73 bits per heavy atom. The number of carbonyl (C=O) groups excluding carboxylic acids is 1. The second-order valence-electron chi connectivity index (χ2n) is 5.67. The molecule has 1 heterocycles. The third-order valence-corrected chi connectivity index (χ3v) is 4.63. The smallest absolute Gasteiger partial charge is 0.303 e. The molecular formula is C16H20BrNO4. The molecule has 2 rings (SSSR count). The van der Waals surface area contributed by atoms with Gasteiger partial charge in [-0.3, -0.25) is 9.59 Å². The van der Waals surface area contributed by atoms with Crippen molar-refractivity contribution in [2.45, 2.75) is 37.7 Å². The number of halogens is 1. The van der Waals surface area contributed by atoms with Crippen molar-refractivity contribution in [2.24, 2.45) is 0 Å². The van der Waals surface area contributed by atoms with Crippen molar-refractivity contribution < 1.29 is 19.8 Å². The number of likely N-dealkylation sites (tertiary alicyclic amines) is 1. The summed E-state index contributed by atoms with van der Waals surface area (Å²) >= 11 is 3.37. The topological polar surface area (TPSA) is 77.8 Å². The number of hydrogen-bond donors (Lipinski definition) is 2. The number of nitrogens with zero attached hydrogens (tertiary/aromatic N) is 1. The fourth-order valence-electron chi connectivity index (χ4n) is 2.72. The van der Waals surface area contributed by atoms with Gasteiger partial charge in [0.2, 0.25) is 5.91 Å². The van der Waals surface area contributed by atoms with Gasteiger partial charge in [0.15, 0.2) is 0 Å². The van der Waals surface area contributed by atoms with Gasteiger partial charge in [-0.25, -0.2) is 0 Å². The van der Waals surface area contributed by atoms with Crippen LogP contribution in [0.15, 0.2) is 28.7 Å². The van der Waals surface area contributed by atoms with Gasteiger partial charge in [-0.1, -0.05) is 28.1 Å². The lowest BCUT2D eigenvalue weighted by atomic mass is 9.84. The molecule has 120 valence electrons. The van der Waals surface area contributed by atoms with Crippen molar-refractivity contribution in [3.63, 3.8) is 0 Å². The summed E-state index contributed by atoms with van der Waals surface area (Å²) in [5.74, 6) is -0.907. The van der Waals surface area contributed by atoms with Gasteiger partial charge in [0.05, 0.1) is 5.60 Å². The zero-order valence-corrected chi connectivity index (χ0v) is 13.9. The van der Waals surface area contributed by atoms with Crippen molar-refractivity contribution in [2.75, 3.05) is 13.1 Å². The molecule has 0 aliphatic carbocycles. The first-order valence-electron chi connectivity index (χ1n) is 7.39. The molecule has 22 heavy (non-hydrogen) atoms. The Hall–Kier alpha value is -1.40. The number of carboxylic acid groups (broad SMARTS) is 1. The third-order valence-electron chi connectivity index (χ3n) is 4.11. The molecule has 6 heteroatoms. The second kappa shape index (κ2) is 7.24. The first-order chi connectivity index (χ1) is 10.4. The summed E-state index contributed by atoms with van der Waals surface area (Å²) in [6.45, 7) is 0.997. The fraction of sp³-hybridized carbons (Fsp3) is 0.500. The lowest BCUT2D eigenvalue weighted by molar-refractivity contribution is -0.138. The molecule has 1 saturated heterocycles. The molecular weight excluding hydrogens is 350 g/mol. The number of carboxylic acids is 1. The van der Waals surface area contributed by atoms with Gasteiger partial charge in [-0.05, 0) is 37.0 Å². The van der Waals surface area contributed by atoms with Gasteiger partial charge in [-0.2, -0.15) is 0 Å². The summed E-state index contributed by atoms with van der Waals surface area (Å²) in [6.07, 6.45) is 1.63. The molecule has 0 atom stereocenters. The predicted octanol–water partition coefficient (Wildman–Crippen LogP) is 2.51. The standard InChI is InChI=1S/C16H20BrNO4/c17-13-6-4-12(5-7-13)16(22)8-10-18(11-9-16)14(19)2-1-3-15(20)21/h4-7,22H,1-3,8-11H2,(H,20,21). The molecule has 2 N–H and O–H groups in total. The van der Waals surface area contributed by atoms with Gasteiger partial charge >= 0.3 is 5.97 Å². The van der Waals surface area contributed by atoms with Crippen LogP contribution in [0.4, 0.5) is 0 Å². The summed E-state index contributed by atoms with van der Waals surface area (Å²) in [7, 11) is 0. The van der Waals surface area contributed by atoms with Crippen LogP contribution in [0.25, 0.3) is 0 Å². The van der Waals surface area contributed by atoms with Gasteiger partial charge in [0.1, 0.15) is 0 Å². The molecule has 0 unspecified atom stereocenters. The molecule has 1 amide bonds.